The Hall–Kier alpha value is -1.23. The van der Waals surface area contributed by atoms with Gasteiger partial charge in [0.25, 0.3) is 0 Å². The Bertz CT molecular complexity index is 405. The molecule has 1 aliphatic heterocycles. The first-order valence-electron chi connectivity index (χ1n) is 4.83. The first-order valence-corrected chi connectivity index (χ1v) is 5.95. The zero-order valence-electron chi connectivity index (χ0n) is 8.73. The van der Waals surface area contributed by atoms with Crippen LogP contribution in [0.3, 0.4) is 0 Å². The van der Waals surface area contributed by atoms with E-state index in [0.717, 1.165) is 0 Å². The molecule has 0 saturated carbocycles. The van der Waals surface area contributed by atoms with Crippen molar-refractivity contribution in [3.05, 3.63) is 23.8 Å². The number of alkyl halides is 1. The maximum Gasteiger partial charge on any atom is 0.342 e. The van der Waals surface area contributed by atoms with Crippen molar-refractivity contribution in [2.75, 3.05) is 19.0 Å². The Morgan fingerprint density at radius 1 is 1.56 bits per heavy atom. The number of ether oxygens (including phenoxy) is 3. The zero-order valence-corrected chi connectivity index (χ0v) is 10.3. The van der Waals surface area contributed by atoms with Crippen molar-refractivity contribution in [1.82, 2.24) is 0 Å². The summed E-state index contributed by atoms with van der Waals surface area (Å²) in [6.45, 7) is 0.324. The van der Waals surface area contributed by atoms with E-state index in [2.05, 4.69) is 15.9 Å². The number of esters is 1. The van der Waals surface area contributed by atoms with Crippen LogP contribution in [0.1, 0.15) is 10.4 Å². The van der Waals surface area contributed by atoms with Gasteiger partial charge in [-0.25, -0.2) is 4.79 Å². The molecule has 0 aliphatic carbocycles. The quantitative estimate of drug-likeness (QED) is 0.616. The van der Waals surface area contributed by atoms with Crippen LogP contribution in [0.25, 0.3) is 0 Å². The molecule has 0 radical (unpaired) electrons. The molecule has 1 atom stereocenters. The van der Waals surface area contributed by atoms with Crippen LogP contribution in [0.5, 0.6) is 11.5 Å². The molecule has 1 aromatic rings. The SMILES string of the molecule is COc1cccc2c1OC[C@@H](CBr)OC2=O. The molecule has 0 amide bonds. The van der Waals surface area contributed by atoms with Gasteiger partial charge in [-0.15, -0.1) is 0 Å². The Balaban J connectivity index is 2.40. The molecule has 5 heteroatoms. The number of hydrogen-bond acceptors (Lipinski definition) is 4. The van der Waals surface area contributed by atoms with Crippen molar-refractivity contribution >= 4 is 21.9 Å². The van der Waals surface area contributed by atoms with Gasteiger partial charge in [0.05, 0.1) is 7.11 Å². The molecule has 0 spiro atoms. The van der Waals surface area contributed by atoms with E-state index in [4.69, 9.17) is 14.2 Å². The van der Waals surface area contributed by atoms with Gasteiger partial charge >= 0.3 is 5.97 Å². The second kappa shape index (κ2) is 4.74. The summed E-state index contributed by atoms with van der Waals surface area (Å²) in [5, 5.41) is 0.551. The number of methoxy groups -OCH3 is 1. The number of para-hydroxylation sites is 1. The van der Waals surface area contributed by atoms with Crippen molar-refractivity contribution in [2.24, 2.45) is 0 Å². The number of fused-ring (bicyclic) bond motifs is 1. The van der Waals surface area contributed by atoms with E-state index in [-0.39, 0.29) is 12.1 Å². The molecule has 1 heterocycles. The van der Waals surface area contributed by atoms with E-state index in [9.17, 15) is 4.79 Å². The third kappa shape index (κ3) is 2.00. The normalized spacial score (nSPS) is 19.1. The summed E-state index contributed by atoms with van der Waals surface area (Å²) in [5.41, 5.74) is 0.405. The van der Waals surface area contributed by atoms with Crippen LogP contribution in [-0.4, -0.2) is 31.1 Å². The summed E-state index contributed by atoms with van der Waals surface area (Å²) in [4.78, 5) is 11.8. The van der Waals surface area contributed by atoms with E-state index in [1.54, 1.807) is 18.2 Å². The fourth-order valence-electron chi connectivity index (χ4n) is 1.49. The van der Waals surface area contributed by atoms with Gasteiger partial charge in [0.15, 0.2) is 11.5 Å². The fourth-order valence-corrected chi connectivity index (χ4v) is 1.81. The molecule has 1 aromatic carbocycles. The Labute approximate surface area is 102 Å². The van der Waals surface area contributed by atoms with Crippen molar-refractivity contribution in [1.29, 1.82) is 0 Å². The molecule has 1 aliphatic rings. The molecule has 16 heavy (non-hydrogen) atoms. The summed E-state index contributed by atoms with van der Waals surface area (Å²) in [7, 11) is 1.54. The largest absolute Gasteiger partial charge is 0.493 e. The predicted octanol–water partition coefficient (Wildman–Crippen LogP) is 2.01. The molecular formula is C11H11BrO4. The minimum Gasteiger partial charge on any atom is -0.493 e. The highest BCUT2D eigenvalue weighted by Gasteiger charge is 2.26. The maximum absolute atomic E-state index is 11.8. The second-order valence-electron chi connectivity index (χ2n) is 3.33. The van der Waals surface area contributed by atoms with Crippen LogP contribution in [0.2, 0.25) is 0 Å². The number of cyclic esters (lactones) is 1. The summed E-state index contributed by atoms with van der Waals surface area (Å²) >= 11 is 3.27. The van der Waals surface area contributed by atoms with E-state index in [1.807, 2.05) is 0 Å². The van der Waals surface area contributed by atoms with Crippen LogP contribution < -0.4 is 9.47 Å². The van der Waals surface area contributed by atoms with Crippen molar-refractivity contribution in [3.63, 3.8) is 0 Å². The lowest BCUT2D eigenvalue weighted by Crippen LogP contribution is -2.23. The van der Waals surface area contributed by atoms with Gasteiger partial charge in [0, 0.05) is 5.33 Å². The van der Waals surface area contributed by atoms with Crippen LogP contribution in [0.15, 0.2) is 18.2 Å². The molecule has 0 bridgehead atoms. The minimum atomic E-state index is -0.379. The topological polar surface area (TPSA) is 44.8 Å². The Morgan fingerprint density at radius 2 is 2.38 bits per heavy atom. The van der Waals surface area contributed by atoms with Gasteiger partial charge in [-0.1, -0.05) is 22.0 Å². The molecule has 86 valence electrons. The first-order chi connectivity index (χ1) is 7.76. The molecule has 0 aromatic heterocycles. The number of halogens is 1. The summed E-state index contributed by atoms with van der Waals surface area (Å²) in [6, 6.07) is 5.15. The van der Waals surface area contributed by atoms with Crippen LogP contribution in [-0.2, 0) is 4.74 Å². The highest BCUT2D eigenvalue weighted by Crippen LogP contribution is 2.33. The van der Waals surface area contributed by atoms with Gasteiger partial charge in [0.1, 0.15) is 18.3 Å². The molecule has 0 saturated heterocycles. The van der Waals surface area contributed by atoms with Gasteiger partial charge in [-0.2, -0.15) is 0 Å². The maximum atomic E-state index is 11.8. The van der Waals surface area contributed by atoms with Gasteiger partial charge in [-0.05, 0) is 12.1 Å². The number of benzene rings is 1. The van der Waals surface area contributed by atoms with Gasteiger partial charge in [-0.3, -0.25) is 0 Å². The molecule has 2 rings (SSSR count). The average molecular weight is 287 g/mol. The number of carbonyl (C=O) groups excluding carboxylic acids is 1. The van der Waals surface area contributed by atoms with Gasteiger partial charge in [0.2, 0.25) is 0 Å². The highest BCUT2D eigenvalue weighted by atomic mass is 79.9. The third-order valence-corrected chi connectivity index (χ3v) is 3.00. The molecule has 4 nitrogen and oxygen atoms in total. The lowest BCUT2D eigenvalue weighted by Gasteiger charge is -2.11. The number of rotatable bonds is 2. The van der Waals surface area contributed by atoms with Crippen molar-refractivity contribution < 1.29 is 19.0 Å². The van der Waals surface area contributed by atoms with E-state index >= 15 is 0 Å². The molecule has 0 fully saturated rings. The molecule has 0 unspecified atom stereocenters. The standard InChI is InChI=1S/C11H11BrO4/c1-14-9-4-2-3-8-10(9)15-6-7(5-12)16-11(8)13/h2-4,7H,5-6H2,1H3/t7-/m1/s1. The smallest absolute Gasteiger partial charge is 0.342 e. The predicted molar refractivity (Wildman–Crippen MR) is 61.5 cm³/mol. The Morgan fingerprint density at radius 3 is 3.06 bits per heavy atom. The van der Waals surface area contributed by atoms with E-state index < -0.39 is 0 Å². The highest BCUT2D eigenvalue weighted by molar-refractivity contribution is 9.09. The van der Waals surface area contributed by atoms with Crippen LogP contribution >= 0.6 is 15.9 Å². The van der Waals surface area contributed by atoms with Crippen LogP contribution in [0, 0.1) is 0 Å². The zero-order chi connectivity index (χ0) is 11.5. The minimum absolute atomic E-state index is 0.274. The fraction of sp³-hybridized carbons (Fsp3) is 0.364. The summed E-state index contributed by atoms with van der Waals surface area (Å²) in [6.07, 6.45) is -0.274. The van der Waals surface area contributed by atoms with Crippen LogP contribution in [0.4, 0.5) is 0 Å². The second-order valence-corrected chi connectivity index (χ2v) is 3.98. The van der Waals surface area contributed by atoms with Gasteiger partial charge < -0.3 is 14.2 Å². The Kier molecular flexibility index (Phi) is 3.33. The molecular weight excluding hydrogens is 276 g/mol. The first kappa shape index (κ1) is 11.3. The van der Waals surface area contributed by atoms with Crippen molar-refractivity contribution in [3.8, 4) is 11.5 Å². The lowest BCUT2D eigenvalue weighted by molar-refractivity contribution is 0.0302. The van der Waals surface area contributed by atoms with E-state index in [1.165, 1.54) is 7.11 Å². The summed E-state index contributed by atoms with van der Waals surface area (Å²) in [5.74, 6) is 0.624. The molecule has 0 N–H and O–H groups in total. The third-order valence-electron chi connectivity index (χ3n) is 2.28. The average Bonchev–Trinajstić information content (AvgIpc) is 2.48. The van der Waals surface area contributed by atoms with E-state index in [0.29, 0.717) is 29.0 Å². The van der Waals surface area contributed by atoms with Crippen molar-refractivity contribution in [2.45, 2.75) is 6.10 Å². The summed E-state index contributed by atoms with van der Waals surface area (Å²) < 4.78 is 15.9. The number of carbonyl (C=O) groups is 1. The monoisotopic (exact) mass is 286 g/mol. The number of hydrogen-bond donors (Lipinski definition) is 0. The lowest BCUT2D eigenvalue weighted by atomic mass is 10.2.